The number of pyridine rings is 1. The van der Waals surface area contributed by atoms with E-state index in [1.807, 2.05) is 31.2 Å². The van der Waals surface area contributed by atoms with Crippen LogP contribution in [0.15, 0.2) is 42.5 Å². The number of carboxylic acids is 1. The van der Waals surface area contributed by atoms with E-state index in [0.717, 1.165) is 11.1 Å². The molecule has 0 fully saturated rings. The summed E-state index contributed by atoms with van der Waals surface area (Å²) in [5.41, 5.74) is 2.27. The first-order valence-corrected chi connectivity index (χ1v) is 6.72. The van der Waals surface area contributed by atoms with Gasteiger partial charge in [0.05, 0.1) is 12.6 Å². The van der Waals surface area contributed by atoms with Gasteiger partial charge in [-0.25, -0.2) is 9.78 Å². The molecule has 21 heavy (non-hydrogen) atoms. The second kappa shape index (κ2) is 6.85. The molecule has 0 saturated carbocycles. The highest BCUT2D eigenvalue weighted by atomic mass is 16.4. The van der Waals surface area contributed by atoms with Crippen molar-refractivity contribution in [3.05, 3.63) is 59.3 Å². The minimum absolute atomic E-state index is 0.0208. The molecule has 0 aliphatic rings. The number of benzene rings is 1. The Morgan fingerprint density at radius 3 is 2.67 bits per heavy atom. The van der Waals surface area contributed by atoms with Gasteiger partial charge >= 0.3 is 5.97 Å². The quantitative estimate of drug-likeness (QED) is 0.757. The van der Waals surface area contributed by atoms with E-state index in [1.165, 1.54) is 6.07 Å². The highest BCUT2D eigenvalue weighted by molar-refractivity contribution is 5.85. The van der Waals surface area contributed by atoms with Crippen LogP contribution < -0.4 is 5.32 Å². The minimum Gasteiger partial charge on any atom is -0.477 e. The Hall–Kier alpha value is -2.40. The van der Waals surface area contributed by atoms with Crippen LogP contribution in [-0.2, 0) is 6.42 Å². The van der Waals surface area contributed by atoms with Gasteiger partial charge in [-0.05, 0) is 36.6 Å². The minimum atomic E-state index is -1.07. The predicted molar refractivity (Wildman–Crippen MR) is 80.6 cm³/mol. The molecule has 5 nitrogen and oxygen atoms in total. The third-order valence-electron chi connectivity index (χ3n) is 3.27. The number of aryl methyl sites for hydroxylation is 1. The Morgan fingerprint density at radius 1 is 1.24 bits per heavy atom. The number of hydrogen-bond donors (Lipinski definition) is 3. The molecule has 0 aliphatic carbocycles. The number of hydrogen-bond acceptors (Lipinski definition) is 4. The van der Waals surface area contributed by atoms with E-state index in [2.05, 4.69) is 10.3 Å². The molecule has 0 bridgehead atoms. The van der Waals surface area contributed by atoms with Crippen molar-refractivity contribution in [3.8, 4) is 0 Å². The zero-order valence-electron chi connectivity index (χ0n) is 11.8. The third kappa shape index (κ3) is 4.03. The lowest BCUT2D eigenvalue weighted by Crippen LogP contribution is -2.27. The molecule has 0 saturated heterocycles. The van der Waals surface area contributed by atoms with E-state index in [4.69, 9.17) is 5.11 Å². The highest BCUT2D eigenvalue weighted by Crippen LogP contribution is 2.13. The number of aliphatic hydroxyl groups excluding tert-OH is 1. The molecular formula is C16H18N2O3. The Balaban J connectivity index is 2.11. The molecule has 110 valence electrons. The van der Waals surface area contributed by atoms with Crippen LogP contribution in [0.2, 0.25) is 0 Å². The van der Waals surface area contributed by atoms with Crippen LogP contribution in [0.25, 0.3) is 0 Å². The lowest BCUT2D eigenvalue weighted by molar-refractivity contribution is 0.0690. The second-order valence-electron chi connectivity index (χ2n) is 4.87. The van der Waals surface area contributed by atoms with Crippen LogP contribution in [0.5, 0.6) is 0 Å². The van der Waals surface area contributed by atoms with Gasteiger partial charge in [-0.2, -0.15) is 0 Å². The maximum absolute atomic E-state index is 10.9. The largest absolute Gasteiger partial charge is 0.477 e. The van der Waals surface area contributed by atoms with E-state index in [9.17, 15) is 9.90 Å². The van der Waals surface area contributed by atoms with Gasteiger partial charge in [0, 0.05) is 0 Å². The first kappa shape index (κ1) is 15.0. The number of aliphatic hydroxyl groups is 1. The van der Waals surface area contributed by atoms with Crippen molar-refractivity contribution >= 4 is 11.8 Å². The molecule has 5 heteroatoms. The standard InChI is InChI=1S/C16H18N2O3/c1-11-5-2-3-6-12(11)9-13(10-19)17-15-8-4-7-14(18-15)16(20)21/h2-8,13,19H,9-10H2,1H3,(H,17,18)(H,20,21). The van der Waals surface area contributed by atoms with Gasteiger partial charge in [-0.3, -0.25) is 0 Å². The second-order valence-corrected chi connectivity index (χ2v) is 4.87. The average Bonchev–Trinajstić information content (AvgIpc) is 2.49. The van der Waals surface area contributed by atoms with Gasteiger partial charge < -0.3 is 15.5 Å². The molecular weight excluding hydrogens is 268 g/mol. The number of carbonyl (C=O) groups is 1. The summed E-state index contributed by atoms with van der Waals surface area (Å²) in [7, 11) is 0. The molecule has 1 heterocycles. The Labute approximate surface area is 123 Å². The lowest BCUT2D eigenvalue weighted by Gasteiger charge is -2.18. The van der Waals surface area contributed by atoms with E-state index >= 15 is 0 Å². The van der Waals surface area contributed by atoms with Gasteiger partial charge in [0.25, 0.3) is 0 Å². The zero-order chi connectivity index (χ0) is 15.2. The Bertz CT molecular complexity index is 628. The fourth-order valence-corrected chi connectivity index (χ4v) is 2.11. The number of nitrogens with one attached hydrogen (secondary N) is 1. The Morgan fingerprint density at radius 2 is 2.00 bits per heavy atom. The van der Waals surface area contributed by atoms with Crippen LogP contribution in [0.4, 0.5) is 5.82 Å². The summed E-state index contributed by atoms with van der Waals surface area (Å²) in [4.78, 5) is 14.9. The summed E-state index contributed by atoms with van der Waals surface area (Å²) in [6.45, 7) is 1.96. The van der Waals surface area contributed by atoms with Gasteiger partial charge in [0.1, 0.15) is 5.82 Å². The van der Waals surface area contributed by atoms with Crippen molar-refractivity contribution in [1.29, 1.82) is 0 Å². The fourth-order valence-electron chi connectivity index (χ4n) is 2.11. The number of carboxylic acid groups (broad SMARTS) is 1. The Kier molecular flexibility index (Phi) is 4.90. The predicted octanol–water partition coefficient (Wildman–Crippen LogP) is 2.10. The van der Waals surface area contributed by atoms with Crippen molar-refractivity contribution < 1.29 is 15.0 Å². The van der Waals surface area contributed by atoms with Crippen molar-refractivity contribution in [3.63, 3.8) is 0 Å². The van der Waals surface area contributed by atoms with Crippen molar-refractivity contribution in [2.45, 2.75) is 19.4 Å². The lowest BCUT2D eigenvalue weighted by atomic mass is 10.0. The van der Waals surface area contributed by atoms with Crippen LogP contribution >= 0.6 is 0 Å². The van der Waals surface area contributed by atoms with E-state index in [-0.39, 0.29) is 18.3 Å². The normalized spacial score (nSPS) is 11.9. The molecule has 1 aromatic heterocycles. The topological polar surface area (TPSA) is 82.5 Å². The van der Waals surface area contributed by atoms with Gasteiger partial charge in [0.2, 0.25) is 0 Å². The molecule has 2 rings (SSSR count). The van der Waals surface area contributed by atoms with Gasteiger partial charge in [-0.15, -0.1) is 0 Å². The van der Waals surface area contributed by atoms with Crippen LogP contribution in [0.3, 0.4) is 0 Å². The SMILES string of the molecule is Cc1ccccc1CC(CO)Nc1cccc(C(=O)O)n1. The van der Waals surface area contributed by atoms with Crippen LogP contribution in [0, 0.1) is 6.92 Å². The smallest absolute Gasteiger partial charge is 0.354 e. The monoisotopic (exact) mass is 286 g/mol. The fraction of sp³-hybridized carbons (Fsp3) is 0.250. The average molecular weight is 286 g/mol. The van der Waals surface area contributed by atoms with E-state index in [1.54, 1.807) is 12.1 Å². The summed E-state index contributed by atoms with van der Waals surface area (Å²) in [5, 5.41) is 21.5. The molecule has 2 aromatic rings. The maximum Gasteiger partial charge on any atom is 0.354 e. The molecule has 0 amide bonds. The maximum atomic E-state index is 10.9. The molecule has 1 atom stereocenters. The molecule has 3 N–H and O–H groups in total. The first-order valence-electron chi connectivity index (χ1n) is 6.72. The van der Waals surface area contributed by atoms with Crippen LogP contribution in [-0.4, -0.2) is 33.8 Å². The summed E-state index contributed by atoms with van der Waals surface area (Å²) in [6, 6.07) is 12.5. The third-order valence-corrected chi connectivity index (χ3v) is 3.27. The first-order chi connectivity index (χ1) is 10.1. The number of nitrogens with zero attached hydrogens (tertiary/aromatic N) is 1. The van der Waals surface area contributed by atoms with Gasteiger partial charge in [-0.1, -0.05) is 30.3 Å². The highest BCUT2D eigenvalue weighted by Gasteiger charge is 2.12. The molecule has 0 radical (unpaired) electrons. The number of aromatic carboxylic acids is 1. The zero-order valence-corrected chi connectivity index (χ0v) is 11.8. The summed E-state index contributed by atoms with van der Waals surface area (Å²) >= 11 is 0. The number of aromatic nitrogens is 1. The number of anilines is 1. The number of rotatable bonds is 6. The van der Waals surface area contributed by atoms with E-state index < -0.39 is 5.97 Å². The van der Waals surface area contributed by atoms with Crippen molar-refractivity contribution in [2.24, 2.45) is 0 Å². The van der Waals surface area contributed by atoms with Crippen molar-refractivity contribution in [2.75, 3.05) is 11.9 Å². The molecule has 1 unspecified atom stereocenters. The van der Waals surface area contributed by atoms with Crippen molar-refractivity contribution in [1.82, 2.24) is 4.98 Å². The molecule has 0 spiro atoms. The van der Waals surface area contributed by atoms with Gasteiger partial charge in [0.15, 0.2) is 5.69 Å². The summed E-state index contributed by atoms with van der Waals surface area (Å²) in [6.07, 6.45) is 0.641. The van der Waals surface area contributed by atoms with E-state index in [0.29, 0.717) is 12.2 Å². The molecule has 0 aliphatic heterocycles. The molecule has 1 aromatic carbocycles. The van der Waals surface area contributed by atoms with Crippen LogP contribution in [0.1, 0.15) is 21.6 Å². The summed E-state index contributed by atoms with van der Waals surface area (Å²) in [5.74, 6) is -0.624. The summed E-state index contributed by atoms with van der Waals surface area (Å²) < 4.78 is 0.